The number of imidazole rings is 1. The van der Waals surface area contributed by atoms with E-state index in [4.69, 9.17) is 4.74 Å². The van der Waals surface area contributed by atoms with Crippen LogP contribution in [0.2, 0.25) is 0 Å². The molecule has 0 spiro atoms. The zero-order valence-electron chi connectivity index (χ0n) is 12.7. The number of rotatable bonds is 3. The van der Waals surface area contributed by atoms with Crippen molar-refractivity contribution in [1.82, 2.24) is 14.0 Å². The monoisotopic (exact) mass is 299 g/mol. The Morgan fingerprint density at radius 3 is 2.59 bits per heavy atom. The van der Waals surface area contributed by atoms with E-state index >= 15 is 0 Å². The van der Waals surface area contributed by atoms with Gasteiger partial charge in [0.05, 0.1) is 17.6 Å². The van der Waals surface area contributed by atoms with Crippen LogP contribution in [-0.4, -0.2) is 26.5 Å². The lowest BCUT2D eigenvalue weighted by Gasteiger charge is -2.15. The fourth-order valence-corrected chi connectivity index (χ4v) is 2.69. The molecule has 0 bridgehead atoms. The summed E-state index contributed by atoms with van der Waals surface area (Å²) in [6.07, 6.45) is 1.50. The summed E-state index contributed by atoms with van der Waals surface area (Å²) in [4.78, 5) is 29.0. The molecule has 0 fully saturated rings. The molecule has 0 saturated heterocycles. The number of para-hydroxylation sites is 2. The minimum Gasteiger partial charge on any atom is -0.461 e. The van der Waals surface area contributed by atoms with Crippen molar-refractivity contribution >= 4 is 22.5 Å². The third kappa shape index (κ3) is 1.99. The van der Waals surface area contributed by atoms with Crippen LogP contribution in [0.1, 0.15) is 37.3 Å². The first-order valence-electron chi connectivity index (χ1n) is 7.23. The van der Waals surface area contributed by atoms with Crippen LogP contribution >= 0.6 is 0 Å². The molecular weight excluding hydrogens is 282 g/mol. The number of fused-ring (bicyclic) bond motifs is 3. The van der Waals surface area contributed by atoms with Crippen molar-refractivity contribution in [2.24, 2.45) is 0 Å². The summed E-state index contributed by atoms with van der Waals surface area (Å²) in [5, 5.41) is 0. The second kappa shape index (κ2) is 5.29. The van der Waals surface area contributed by atoms with Crippen LogP contribution in [0, 0.1) is 0 Å². The van der Waals surface area contributed by atoms with Crippen LogP contribution in [0.4, 0.5) is 0 Å². The third-order valence-electron chi connectivity index (χ3n) is 3.57. The normalized spacial score (nSPS) is 11.5. The standard InChI is InChI=1S/C16H17N3O3/c1-4-22-16(21)13-14-15(20)19(10(2)3)12-8-6-5-7-11(12)18(14)9-17-13/h5-10H,4H2,1-3H3. The van der Waals surface area contributed by atoms with Gasteiger partial charge in [0.15, 0.2) is 5.69 Å². The van der Waals surface area contributed by atoms with Crippen LogP contribution in [0.3, 0.4) is 0 Å². The van der Waals surface area contributed by atoms with Crippen LogP contribution in [0.25, 0.3) is 16.6 Å². The number of benzene rings is 1. The average molecular weight is 299 g/mol. The highest BCUT2D eigenvalue weighted by molar-refractivity contribution is 5.96. The summed E-state index contributed by atoms with van der Waals surface area (Å²) in [5.41, 5.74) is 1.71. The van der Waals surface area contributed by atoms with Crippen LogP contribution in [-0.2, 0) is 4.74 Å². The van der Waals surface area contributed by atoms with E-state index in [2.05, 4.69) is 4.98 Å². The van der Waals surface area contributed by atoms with Gasteiger partial charge in [0, 0.05) is 6.04 Å². The smallest absolute Gasteiger partial charge is 0.359 e. The number of esters is 1. The molecular formula is C16H17N3O3. The Morgan fingerprint density at radius 2 is 1.95 bits per heavy atom. The molecule has 0 aliphatic carbocycles. The molecule has 0 unspecified atom stereocenters. The van der Waals surface area contributed by atoms with E-state index < -0.39 is 5.97 Å². The minimum absolute atomic E-state index is 0.0349. The van der Waals surface area contributed by atoms with Crippen LogP contribution < -0.4 is 5.56 Å². The topological polar surface area (TPSA) is 65.6 Å². The summed E-state index contributed by atoms with van der Waals surface area (Å²) in [6.45, 7) is 5.83. The number of nitrogens with zero attached hydrogens (tertiary/aromatic N) is 3. The van der Waals surface area contributed by atoms with Crippen molar-refractivity contribution in [1.29, 1.82) is 0 Å². The zero-order valence-corrected chi connectivity index (χ0v) is 12.7. The maximum absolute atomic E-state index is 12.9. The highest BCUT2D eigenvalue weighted by atomic mass is 16.5. The number of carbonyl (C=O) groups is 1. The number of ether oxygens (including phenoxy) is 1. The lowest BCUT2D eigenvalue weighted by molar-refractivity contribution is 0.0522. The molecule has 6 nitrogen and oxygen atoms in total. The molecule has 6 heteroatoms. The predicted molar refractivity (Wildman–Crippen MR) is 83.3 cm³/mol. The highest BCUT2D eigenvalue weighted by Gasteiger charge is 2.21. The van der Waals surface area contributed by atoms with E-state index in [0.717, 1.165) is 11.0 Å². The third-order valence-corrected chi connectivity index (χ3v) is 3.57. The van der Waals surface area contributed by atoms with Crippen molar-refractivity contribution in [3.05, 3.63) is 46.6 Å². The maximum Gasteiger partial charge on any atom is 0.359 e. The summed E-state index contributed by atoms with van der Waals surface area (Å²) in [5.74, 6) is -0.576. The summed E-state index contributed by atoms with van der Waals surface area (Å²) in [7, 11) is 0. The summed E-state index contributed by atoms with van der Waals surface area (Å²) in [6, 6.07) is 7.53. The fraction of sp³-hybridized carbons (Fsp3) is 0.312. The number of hydrogen-bond acceptors (Lipinski definition) is 4. The Bertz CT molecular complexity index is 921. The molecule has 114 valence electrons. The van der Waals surface area contributed by atoms with Gasteiger partial charge in [-0.2, -0.15) is 0 Å². The molecule has 0 aliphatic heterocycles. The van der Waals surface area contributed by atoms with Gasteiger partial charge >= 0.3 is 5.97 Å². The Kier molecular flexibility index (Phi) is 3.44. The Hall–Kier alpha value is -2.63. The van der Waals surface area contributed by atoms with Gasteiger partial charge in [-0.3, -0.25) is 9.20 Å². The average Bonchev–Trinajstić information content (AvgIpc) is 2.93. The van der Waals surface area contributed by atoms with Gasteiger partial charge in [-0.25, -0.2) is 9.78 Å². The second-order valence-corrected chi connectivity index (χ2v) is 5.29. The first-order valence-corrected chi connectivity index (χ1v) is 7.23. The minimum atomic E-state index is -0.576. The van der Waals surface area contributed by atoms with Crippen LogP contribution in [0.15, 0.2) is 35.4 Å². The molecule has 2 aromatic heterocycles. The van der Waals surface area contributed by atoms with E-state index in [9.17, 15) is 9.59 Å². The Balaban J connectivity index is 2.47. The first-order chi connectivity index (χ1) is 10.6. The van der Waals surface area contributed by atoms with Crippen LogP contribution in [0.5, 0.6) is 0 Å². The molecule has 0 aliphatic rings. The van der Waals surface area contributed by atoms with Crippen molar-refractivity contribution in [2.75, 3.05) is 6.61 Å². The SMILES string of the molecule is CCOC(=O)c1ncn2c1c(=O)n(C(C)C)c1ccccc12. The van der Waals surface area contributed by atoms with E-state index in [-0.39, 0.29) is 29.4 Å². The summed E-state index contributed by atoms with van der Waals surface area (Å²) < 4.78 is 8.33. The summed E-state index contributed by atoms with van der Waals surface area (Å²) >= 11 is 0. The Labute approximate surface area is 127 Å². The van der Waals surface area contributed by atoms with Gasteiger partial charge in [0.2, 0.25) is 0 Å². The molecule has 22 heavy (non-hydrogen) atoms. The van der Waals surface area contributed by atoms with Crippen molar-refractivity contribution in [3.63, 3.8) is 0 Å². The van der Waals surface area contributed by atoms with Gasteiger partial charge in [-0.15, -0.1) is 0 Å². The predicted octanol–water partition coefficient (Wildman–Crippen LogP) is 2.41. The van der Waals surface area contributed by atoms with Gasteiger partial charge in [-0.1, -0.05) is 12.1 Å². The number of carbonyl (C=O) groups excluding carboxylic acids is 1. The number of aromatic nitrogens is 3. The van der Waals surface area contributed by atoms with Gasteiger partial charge < -0.3 is 9.30 Å². The zero-order chi connectivity index (χ0) is 15.9. The molecule has 0 atom stereocenters. The second-order valence-electron chi connectivity index (χ2n) is 5.29. The largest absolute Gasteiger partial charge is 0.461 e. The molecule has 2 heterocycles. The number of hydrogen-bond donors (Lipinski definition) is 0. The molecule has 0 amide bonds. The highest BCUT2D eigenvalue weighted by Crippen LogP contribution is 2.19. The van der Waals surface area contributed by atoms with Crippen molar-refractivity contribution in [2.45, 2.75) is 26.8 Å². The molecule has 3 aromatic rings. The molecule has 3 rings (SSSR count). The van der Waals surface area contributed by atoms with Crippen molar-refractivity contribution < 1.29 is 9.53 Å². The quantitative estimate of drug-likeness (QED) is 0.697. The Morgan fingerprint density at radius 1 is 1.27 bits per heavy atom. The van der Waals surface area contributed by atoms with Gasteiger partial charge in [-0.05, 0) is 32.9 Å². The van der Waals surface area contributed by atoms with Gasteiger partial charge in [0.25, 0.3) is 5.56 Å². The molecule has 0 N–H and O–H groups in total. The van der Waals surface area contributed by atoms with Crippen molar-refractivity contribution in [3.8, 4) is 0 Å². The van der Waals surface area contributed by atoms with E-state index in [1.54, 1.807) is 15.9 Å². The van der Waals surface area contributed by atoms with Gasteiger partial charge in [0.1, 0.15) is 11.8 Å². The lowest BCUT2D eigenvalue weighted by atomic mass is 10.2. The first kappa shape index (κ1) is 14.3. The molecule has 0 radical (unpaired) electrons. The lowest BCUT2D eigenvalue weighted by Crippen LogP contribution is -2.25. The van der Waals surface area contributed by atoms with E-state index in [0.29, 0.717) is 0 Å². The van der Waals surface area contributed by atoms with E-state index in [1.807, 2.05) is 38.1 Å². The fourth-order valence-electron chi connectivity index (χ4n) is 2.69. The molecule has 0 saturated carbocycles. The maximum atomic E-state index is 12.9. The van der Waals surface area contributed by atoms with E-state index in [1.165, 1.54) is 6.33 Å². The molecule has 1 aromatic carbocycles.